The summed E-state index contributed by atoms with van der Waals surface area (Å²) in [6, 6.07) is 0.710. The van der Waals surface area contributed by atoms with Crippen LogP contribution < -0.4 is 10.2 Å². The Bertz CT molecular complexity index is 418. The lowest BCUT2D eigenvalue weighted by Crippen LogP contribution is -2.47. The van der Waals surface area contributed by atoms with Crippen LogP contribution in [0.5, 0.6) is 0 Å². The van der Waals surface area contributed by atoms with Crippen molar-refractivity contribution in [3.8, 4) is 0 Å². The summed E-state index contributed by atoms with van der Waals surface area (Å²) in [6.07, 6.45) is 12.1. The molecular weight excluding hydrogens is 236 g/mol. The van der Waals surface area contributed by atoms with Gasteiger partial charge < -0.3 is 10.2 Å². The van der Waals surface area contributed by atoms with Gasteiger partial charge in [-0.2, -0.15) is 0 Å². The Morgan fingerprint density at radius 1 is 1.21 bits per heavy atom. The molecular formula is C15H24N4. The standard InChI is InChI=1S/C15H24N4/c1-16-9-13-10-17-11-15(18-13)19-8-4-6-12-5-2-3-7-14(12)19/h10-12,14,16H,2-9H2,1H3. The van der Waals surface area contributed by atoms with Gasteiger partial charge in [-0.05, 0) is 38.6 Å². The van der Waals surface area contributed by atoms with Gasteiger partial charge in [-0.25, -0.2) is 4.98 Å². The van der Waals surface area contributed by atoms with Gasteiger partial charge in [0.2, 0.25) is 0 Å². The predicted octanol–water partition coefficient (Wildman–Crippen LogP) is 2.36. The van der Waals surface area contributed by atoms with E-state index >= 15 is 0 Å². The quantitative estimate of drug-likeness (QED) is 0.906. The lowest BCUT2D eigenvalue weighted by Gasteiger charge is -2.44. The molecule has 1 aromatic heterocycles. The molecule has 1 aromatic rings. The van der Waals surface area contributed by atoms with E-state index in [1.54, 1.807) is 0 Å². The van der Waals surface area contributed by atoms with E-state index < -0.39 is 0 Å². The van der Waals surface area contributed by atoms with Crippen LogP contribution in [0.4, 0.5) is 5.82 Å². The highest BCUT2D eigenvalue weighted by molar-refractivity contribution is 5.39. The smallest absolute Gasteiger partial charge is 0.147 e. The molecule has 2 heterocycles. The summed E-state index contributed by atoms with van der Waals surface area (Å²) in [7, 11) is 1.95. The highest BCUT2D eigenvalue weighted by atomic mass is 15.2. The molecule has 0 amide bonds. The van der Waals surface area contributed by atoms with Crippen LogP contribution in [-0.4, -0.2) is 29.6 Å². The third kappa shape index (κ3) is 2.73. The highest BCUT2D eigenvalue weighted by Crippen LogP contribution is 2.36. The van der Waals surface area contributed by atoms with Crippen molar-refractivity contribution in [3.05, 3.63) is 18.1 Å². The van der Waals surface area contributed by atoms with E-state index in [0.29, 0.717) is 6.04 Å². The number of anilines is 1. The van der Waals surface area contributed by atoms with Crippen LogP contribution in [0.2, 0.25) is 0 Å². The SMILES string of the molecule is CNCc1cncc(N2CCCC3CCCCC32)n1. The monoisotopic (exact) mass is 260 g/mol. The van der Waals surface area contributed by atoms with Gasteiger partial charge in [-0.15, -0.1) is 0 Å². The maximum Gasteiger partial charge on any atom is 0.147 e. The summed E-state index contributed by atoms with van der Waals surface area (Å²) in [5, 5.41) is 3.15. The summed E-state index contributed by atoms with van der Waals surface area (Å²) >= 11 is 0. The zero-order chi connectivity index (χ0) is 13.1. The molecule has 2 atom stereocenters. The molecule has 0 bridgehead atoms. The molecule has 1 N–H and O–H groups in total. The molecule has 1 aliphatic carbocycles. The van der Waals surface area contributed by atoms with E-state index in [-0.39, 0.29) is 0 Å². The average molecular weight is 260 g/mol. The second-order valence-electron chi connectivity index (χ2n) is 5.85. The Balaban J connectivity index is 1.81. The van der Waals surface area contributed by atoms with Crippen LogP contribution in [0.15, 0.2) is 12.4 Å². The van der Waals surface area contributed by atoms with Crippen LogP contribution in [0, 0.1) is 5.92 Å². The summed E-state index contributed by atoms with van der Waals surface area (Å²) in [4.78, 5) is 11.7. The van der Waals surface area contributed by atoms with Crippen molar-refractivity contribution < 1.29 is 0 Å². The molecule has 104 valence electrons. The number of aromatic nitrogens is 2. The first kappa shape index (κ1) is 12.9. The molecule has 2 aliphatic rings. The molecule has 2 unspecified atom stereocenters. The number of nitrogens with zero attached hydrogens (tertiary/aromatic N) is 3. The van der Waals surface area contributed by atoms with Gasteiger partial charge >= 0.3 is 0 Å². The van der Waals surface area contributed by atoms with E-state index in [1.165, 1.54) is 38.5 Å². The van der Waals surface area contributed by atoms with E-state index in [0.717, 1.165) is 30.5 Å². The van der Waals surface area contributed by atoms with Crippen molar-refractivity contribution >= 4 is 5.82 Å². The second kappa shape index (κ2) is 5.87. The first-order valence-corrected chi connectivity index (χ1v) is 7.60. The summed E-state index contributed by atoms with van der Waals surface area (Å²) in [5.41, 5.74) is 1.04. The van der Waals surface area contributed by atoms with Crippen molar-refractivity contribution in [2.75, 3.05) is 18.5 Å². The van der Waals surface area contributed by atoms with Crippen LogP contribution in [0.3, 0.4) is 0 Å². The third-order valence-electron chi connectivity index (χ3n) is 4.57. The van der Waals surface area contributed by atoms with Crippen LogP contribution in [0.25, 0.3) is 0 Å². The zero-order valence-electron chi connectivity index (χ0n) is 11.8. The summed E-state index contributed by atoms with van der Waals surface area (Å²) < 4.78 is 0. The van der Waals surface area contributed by atoms with Crippen molar-refractivity contribution in [2.24, 2.45) is 5.92 Å². The Kier molecular flexibility index (Phi) is 3.97. The number of hydrogen-bond acceptors (Lipinski definition) is 4. The van der Waals surface area contributed by atoms with Crippen LogP contribution in [0.1, 0.15) is 44.2 Å². The topological polar surface area (TPSA) is 41.1 Å². The fraction of sp³-hybridized carbons (Fsp3) is 0.733. The molecule has 1 saturated heterocycles. The van der Waals surface area contributed by atoms with E-state index in [4.69, 9.17) is 4.98 Å². The molecule has 1 saturated carbocycles. The molecule has 4 heteroatoms. The van der Waals surface area contributed by atoms with Crippen molar-refractivity contribution in [1.82, 2.24) is 15.3 Å². The molecule has 19 heavy (non-hydrogen) atoms. The Morgan fingerprint density at radius 2 is 2.05 bits per heavy atom. The first-order valence-electron chi connectivity index (χ1n) is 7.60. The molecule has 1 aliphatic heterocycles. The van der Waals surface area contributed by atoms with E-state index in [1.807, 2.05) is 19.4 Å². The number of piperidine rings is 1. The Labute approximate surface area is 115 Å². The summed E-state index contributed by atoms with van der Waals surface area (Å²) in [5.74, 6) is 1.97. The van der Waals surface area contributed by atoms with Crippen LogP contribution >= 0.6 is 0 Å². The van der Waals surface area contributed by atoms with Gasteiger partial charge in [0.25, 0.3) is 0 Å². The molecule has 2 fully saturated rings. The fourth-order valence-electron chi connectivity index (χ4n) is 3.71. The number of hydrogen-bond donors (Lipinski definition) is 1. The minimum Gasteiger partial charge on any atom is -0.352 e. The molecule has 0 radical (unpaired) electrons. The normalized spacial score (nSPS) is 27.1. The Hall–Kier alpha value is -1.16. The number of nitrogens with one attached hydrogen (secondary N) is 1. The molecule has 3 rings (SSSR count). The third-order valence-corrected chi connectivity index (χ3v) is 4.57. The predicted molar refractivity (Wildman–Crippen MR) is 77.1 cm³/mol. The average Bonchev–Trinajstić information content (AvgIpc) is 2.47. The van der Waals surface area contributed by atoms with Gasteiger partial charge in [-0.3, -0.25) is 4.98 Å². The van der Waals surface area contributed by atoms with Gasteiger partial charge in [-0.1, -0.05) is 12.8 Å². The number of fused-ring (bicyclic) bond motifs is 1. The molecule has 0 aromatic carbocycles. The van der Waals surface area contributed by atoms with Gasteiger partial charge in [0, 0.05) is 25.3 Å². The largest absolute Gasteiger partial charge is 0.352 e. The van der Waals surface area contributed by atoms with Gasteiger partial charge in [0.15, 0.2) is 0 Å². The van der Waals surface area contributed by atoms with Crippen molar-refractivity contribution in [1.29, 1.82) is 0 Å². The van der Waals surface area contributed by atoms with Gasteiger partial charge in [0.1, 0.15) is 5.82 Å². The van der Waals surface area contributed by atoms with E-state index in [9.17, 15) is 0 Å². The first-order chi connectivity index (χ1) is 9.38. The maximum atomic E-state index is 4.78. The van der Waals surface area contributed by atoms with Crippen molar-refractivity contribution in [2.45, 2.75) is 51.1 Å². The highest BCUT2D eigenvalue weighted by Gasteiger charge is 2.33. The minimum absolute atomic E-state index is 0.710. The maximum absolute atomic E-state index is 4.78. The Morgan fingerprint density at radius 3 is 2.95 bits per heavy atom. The molecule has 0 spiro atoms. The minimum atomic E-state index is 0.710. The van der Waals surface area contributed by atoms with E-state index in [2.05, 4.69) is 15.2 Å². The summed E-state index contributed by atoms with van der Waals surface area (Å²) in [6.45, 7) is 1.95. The van der Waals surface area contributed by atoms with Gasteiger partial charge in [0.05, 0.1) is 11.9 Å². The fourth-order valence-corrected chi connectivity index (χ4v) is 3.71. The lowest BCUT2D eigenvalue weighted by atomic mass is 9.78. The lowest BCUT2D eigenvalue weighted by molar-refractivity contribution is 0.242. The van der Waals surface area contributed by atoms with Crippen molar-refractivity contribution in [3.63, 3.8) is 0 Å². The molecule has 4 nitrogen and oxygen atoms in total. The van der Waals surface area contributed by atoms with Crippen LogP contribution in [-0.2, 0) is 6.54 Å². The zero-order valence-corrected chi connectivity index (χ0v) is 11.8. The number of rotatable bonds is 3. The second-order valence-corrected chi connectivity index (χ2v) is 5.85.